The summed E-state index contributed by atoms with van der Waals surface area (Å²) in [5.41, 5.74) is 2.50. The third-order valence-electron chi connectivity index (χ3n) is 4.45. The number of oxazole rings is 1. The Labute approximate surface area is 159 Å². The highest BCUT2D eigenvalue weighted by atomic mass is 19.1. The van der Waals surface area contributed by atoms with E-state index in [9.17, 15) is 14.0 Å². The Morgan fingerprint density at radius 3 is 2.75 bits per heavy atom. The van der Waals surface area contributed by atoms with Crippen molar-refractivity contribution < 1.29 is 13.6 Å². The van der Waals surface area contributed by atoms with Crippen molar-refractivity contribution in [2.24, 2.45) is 0 Å². The maximum atomic E-state index is 13.1. The van der Waals surface area contributed by atoms with Crippen molar-refractivity contribution >= 4 is 17.0 Å². The number of amides is 1. The zero-order valence-corrected chi connectivity index (χ0v) is 15.0. The lowest BCUT2D eigenvalue weighted by atomic mass is 10.2. The fraction of sp³-hybridized carbons (Fsp3) is 0.150. The second kappa shape index (κ2) is 7.15. The van der Waals surface area contributed by atoms with Crippen LogP contribution in [0.15, 0.2) is 70.1 Å². The van der Waals surface area contributed by atoms with Crippen LogP contribution in [0.1, 0.15) is 18.5 Å². The van der Waals surface area contributed by atoms with Crippen molar-refractivity contribution in [3.63, 3.8) is 0 Å². The van der Waals surface area contributed by atoms with Crippen LogP contribution in [0.3, 0.4) is 0 Å². The lowest BCUT2D eigenvalue weighted by Gasteiger charge is -2.12. The third-order valence-corrected chi connectivity index (χ3v) is 4.45. The topological polar surface area (TPSA) is 82.1 Å². The van der Waals surface area contributed by atoms with Crippen LogP contribution in [0.2, 0.25) is 0 Å². The van der Waals surface area contributed by atoms with Crippen molar-refractivity contribution in [2.75, 3.05) is 0 Å². The minimum absolute atomic E-state index is 0.147. The van der Waals surface area contributed by atoms with E-state index in [0.29, 0.717) is 16.8 Å². The van der Waals surface area contributed by atoms with Gasteiger partial charge in [0.05, 0.1) is 23.4 Å². The highest BCUT2D eigenvalue weighted by molar-refractivity contribution is 5.79. The summed E-state index contributed by atoms with van der Waals surface area (Å²) in [4.78, 5) is 24.4. The number of halogens is 1. The van der Waals surface area contributed by atoms with Gasteiger partial charge in [0.25, 0.3) is 0 Å². The molecule has 2 aromatic heterocycles. The Kier molecular flexibility index (Phi) is 4.52. The maximum Gasteiger partial charge on any atom is 0.420 e. The first-order chi connectivity index (χ1) is 13.5. The monoisotopic (exact) mass is 380 g/mol. The summed E-state index contributed by atoms with van der Waals surface area (Å²) in [5, 5.41) is 7.09. The van der Waals surface area contributed by atoms with Crippen LogP contribution in [0.25, 0.3) is 16.8 Å². The molecule has 2 aromatic carbocycles. The van der Waals surface area contributed by atoms with Gasteiger partial charge in [-0.3, -0.25) is 9.36 Å². The number of hydrogen-bond donors (Lipinski definition) is 1. The summed E-state index contributed by atoms with van der Waals surface area (Å²) in [6.45, 7) is 1.67. The van der Waals surface area contributed by atoms with Gasteiger partial charge in [0.1, 0.15) is 12.4 Å². The molecule has 1 atom stereocenters. The Morgan fingerprint density at radius 1 is 1.21 bits per heavy atom. The van der Waals surface area contributed by atoms with Crippen LogP contribution in [-0.2, 0) is 11.3 Å². The van der Waals surface area contributed by atoms with Crippen molar-refractivity contribution in [1.82, 2.24) is 19.7 Å². The average Bonchev–Trinajstić information content (AvgIpc) is 3.28. The molecule has 28 heavy (non-hydrogen) atoms. The van der Waals surface area contributed by atoms with E-state index in [1.165, 1.54) is 16.7 Å². The van der Waals surface area contributed by atoms with Gasteiger partial charge >= 0.3 is 5.76 Å². The molecule has 0 fully saturated rings. The minimum atomic E-state index is -0.576. The molecule has 4 rings (SSSR count). The highest BCUT2D eigenvalue weighted by Crippen LogP contribution is 2.16. The lowest BCUT2D eigenvalue weighted by molar-refractivity contribution is -0.122. The number of carbonyl (C=O) groups is 1. The number of nitrogens with one attached hydrogen (secondary N) is 1. The van der Waals surface area contributed by atoms with E-state index in [1.807, 2.05) is 6.92 Å². The van der Waals surface area contributed by atoms with Crippen molar-refractivity contribution in [2.45, 2.75) is 19.5 Å². The van der Waals surface area contributed by atoms with E-state index >= 15 is 0 Å². The van der Waals surface area contributed by atoms with Crippen LogP contribution >= 0.6 is 0 Å². The summed E-state index contributed by atoms with van der Waals surface area (Å²) >= 11 is 0. The summed E-state index contributed by atoms with van der Waals surface area (Å²) in [5.74, 6) is -1.22. The van der Waals surface area contributed by atoms with Crippen LogP contribution < -0.4 is 11.1 Å². The number of para-hydroxylation sites is 2. The summed E-state index contributed by atoms with van der Waals surface area (Å²) in [7, 11) is 0. The van der Waals surface area contributed by atoms with Gasteiger partial charge in [0.15, 0.2) is 5.58 Å². The molecule has 1 unspecified atom stereocenters. The van der Waals surface area contributed by atoms with E-state index in [4.69, 9.17) is 4.42 Å². The van der Waals surface area contributed by atoms with Gasteiger partial charge in [0, 0.05) is 11.8 Å². The van der Waals surface area contributed by atoms with Gasteiger partial charge in [-0.1, -0.05) is 12.1 Å². The molecule has 0 aliphatic heterocycles. The molecule has 0 spiro atoms. The largest absolute Gasteiger partial charge is 0.420 e. The van der Waals surface area contributed by atoms with Crippen molar-refractivity contribution in [1.29, 1.82) is 0 Å². The van der Waals surface area contributed by atoms with Gasteiger partial charge in [-0.2, -0.15) is 5.10 Å². The van der Waals surface area contributed by atoms with Crippen molar-refractivity contribution in [3.8, 4) is 5.69 Å². The summed E-state index contributed by atoms with van der Waals surface area (Å²) in [6, 6.07) is 12.6. The molecular weight excluding hydrogens is 363 g/mol. The SMILES string of the molecule is CC(NC(=O)Cn1c(=O)oc2ccccc21)c1cnn(-c2ccc(F)cc2)c1. The van der Waals surface area contributed by atoms with Crippen LogP contribution in [0.4, 0.5) is 4.39 Å². The Balaban J connectivity index is 1.47. The molecule has 0 bridgehead atoms. The minimum Gasteiger partial charge on any atom is -0.408 e. The first-order valence-electron chi connectivity index (χ1n) is 8.69. The van der Waals surface area contributed by atoms with Crippen LogP contribution in [-0.4, -0.2) is 20.3 Å². The number of benzene rings is 2. The summed E-state index contributed by atoms with van der Waals surface area (Å²) in [6.07, 6.45) is 3.39. The number of carbonyl (C=O) groups excluding carboxylic acids is 1. The maximum absolute atomic E-state index is 13.1. The number of aromatic nitrogens is 3. The fourth-order valence-electron chi connectivity index (χ4n) is 2.97. The van der Waals surface area contributed by atoms with Gasteiger partial charge < -0.3 is 9.73 Å². The molecule has 0 aliphatic rings. The molecule has 1 N–H and O–H groups in total. The molecule has 2 heterocycles. The zero-order valence-electron chi connectivity index (χ0n) is 15.0. The van der Waals surface area contributed by atoms with Crippen LogP contribution in [0, 0.1) is 5.82 Å². The molecule has 0 saturated heterocycles. The van der Waals surface area contributed by atoms with E-state index in [0.717, 1.165) is 5.56 Å². The molecule has 0 aliphatic carbocycles. The molecule has 0 radical (unpaired) electrons. The van der Waals surface area contributed by atoms with E-state index in [1.54, 1.807) is 53.5 Å². The van der Waals surface area contributed by atoms with Gasteiger partial charge in [-0.15, -0.1) is 0 Å². The third kappa shape index (κ3) is 3.44. The lowest BCUT2D eigenvalue weighted by Crippen LogP contribution is -2.32. The molecule has 0 saturated carbocycles. The van der Waals surface area contributed by atoms with Gasteiger partial charge in [0.2, 0.25) is 5.91 Å². The molecule has 142 valence electrons. The quantitative estimate of drug-likeness (QED) is 0.577. The number of rotatable bonds is 5. The fourth-order valence-corrected chi connectivity index (χ4v) is 2.97. The predicted molar refractivity (Wildman–Crippen MR) is 101 cm³/mol. The standard InChI is InChI=1S/C20H17FN4O3/c1-13(14-10-22-25(11-14)16-8-6-15(21)7-9-16)23-19(26)12-24-17-4-2-3-5-18(17)28-20(24)27/h2-11,13H,12H2,1H3,(H,23,26). The first kappa shape index (κ1) is 17.7. The molecular formula is C20H17FN4O3. The van der Waals surface area contributed by atoms with E-state index < -0.39 is 5.76 Å². The Morgan fingerprint density at radius 2 is 1.96 bits per heavy atom. The Hall–Kier alpha value is -3.68. The molecule has 7 nitrogen and oxygen atoms in total. The molecule has 1 amide bonds. The summed E-state index contributed by atoms with van der Waals surface area (Å²) < 4.78 is 21.1. The van der Waals surface area contributed by atoms with Gasteiger partial charge in [-0.05, 0) is 43.3 Å². The molecule has 8 heteroatoms. The van der Waals surface area contributed by atoms with Crippen molar-refractivity contribution in [3.05, 3.63) is 82.9 Å². The Bertz CT molecular complexity index is 1190. The number of fused-ring (bicyclic) bond motifs is 1. The highest BCUT2D eigenvalue weighted by Gasteiger charge is 2.16. The zero-order chi connectivity index (χ0) is 19.7. The first-order valence-corrected chi connectivity index (χ1v) is 8.69. The van der Waals surface area contributed by atoms with Crippen LogP contribution in [0.5, 0.6) is 0 Å². The predicted octanol–water partition coefficient (Wildman–Crippen LogP) is 2.80. The average molecular weight is 380 g/mol. The normalized spacial score (nSPS) is 12.2. The number of hydrogen-bond acceptors (Lipinski definition) is 4. The smallest absolute Gasteiger partial charge is 0.408 e. The molecule has 4 aromatic rings. The second-order valence-electron chi connectivity index (χ2n) is 6.41. The second-order valence-corrected chi connectivity index (χ2v) is 6.41. The number of nitrogens with zero attached hydrogens (tertiary/aromatic N) is 3. The van der Waals surface area contributed by atoms with E-state index in [-0.39, 0.29) is 24.3 Å². The van der Waals surface area contributed by atoms with Gasteiger partial charge in [-0.25, -0.2) is 13.9 Å². The van der Waals surface area contributed by atoms with E-state index in [2.05, 4.69) is 10.4 Å².